The molecule has 27 heavy (non-hydrogen) atoms. The van der Waals surface area contributed by atoms with Crippen LogP contribution in [-0.4, -0.2) is 21.3 Å². The van der Waals surface area contributed by atoms with Crippen molar-refractivity contribution in [1.29, 1.82) is 0 Å². The quantitative estimate of drug-likeness (QED) is 0.588. The monoisotopic (exact) mass is 364 g/mol. The minimum atomic E-state index is 0.495. The third kappa shape index (κ3) is 5.66. The lowest BCUT2D eigenvalue weighted by molar-refractivity contribution is 0.297. The SMILES string of the molecule is Cc1cc(CNCCCc2cnn(C)c2)cc(C)c1OCc1ccccn1. The van der Waals surface area contributed by atoms with E-state index in [-0.39, 0.29) is 0 Å². The molecule has 0 saturated carbocycles. The molecule has 2 aromatic heterocycles. The van der Waals surface area contributed by atoms with Crippen LogP contribution in [0.2, 0.25) is 0 Å². The summed E-state index contributed by atoms with van der Waals surface area (Å²) in [7, 11) is 1.95. The molecular weight excluding hydrogens is 336 g/mol. The summed E-state index contributed by atoms with van der Waals surface area (Å²) in [5, 5.41) is 7.74. The minimum absolute atomic E-state index is 0.495. The van der Waals surface area contributed by atoms with E-state index < -0.39 is 0 Å². The zero-order valence-corrected chi connectivity index (χ0v) is 16.4. The molecular formula is C22H28N4O. The van der Waals surface area contributed by atoms with Gasteiger partial charge in [0.05, 0.1) is 11.9 Å². The summed E-state index contributed by atoms with van der Waals surface area (Å²) in [5.41, 5.74) is 5.85. The molecule has 0 saturated heterocycles. The Morgan fingerprint density at radius 2 is 1.93 bits per heavy atom. The third-order valence-corrected chi connectivity index (χ3v) is 4.52. The van der Waals surface area contributed by atoms with E-state index >= 15 is 0 Å². The highest BCUT2D eigenvalue weighted by Crippen LogP contribution is 2.25. The lowest BCUT2D eigenvalue weighted by atomic mass is 10.1. The second-order valence-electron chi connectivity index (χ2n) is 6.97. The summed E-state index contributed by atoms with van der Waals surface area (Å²) in [6.07, 6.45) is 7.97. The number of hydrogen-bond donors (Lipinski definition) is 1. The van der Waals surface area contributed by atoms with Crippen LogP contribution in [0.25, 0.3) is 0 Å². The van der Waals surface area contributed by atoms with Crippen LogP contribution in [0.15, 0.2) is 48.9 Å². The van der Waals surface area contributed by atoms with Gasteiger partial charge in [0.2, 0.25) is 0 Å². The average Bonchev–Trinajstić information content (AvgIpc) is 3.07. The van der Waals surface area contributed by atoms with E-state index in [2.05, 4.69) is 47.6 Å². The number of benzene rings is 1. The average molecular weight is 364 g/mol. The van der Waals surface area contributed by atoms with Crippen LogP contribution in [0, 0.1) is 13.8 Å². The first-order chi connectivity index (χ1) is 13.1. The van der Waals surface area contributed by atoms with E-state index in [0.717, 1.165) is 48.5 Å². The van der Waals surface area contributed by atoms with E-state index in [1.165, 1.54) is 11.1 Å². The van der Waals surface area contributed by atoms with Crippen LogP contribution in [0.3, 0.4) is 0 Å². The fourth-order valence-electron chi connectivity index (χ4n) is 3.25. The van der Waals surface area contributed by atoms with Crippen LogP contribution < -0.4 is 10.1 Å². The predicted octanol–water partition coefficient (Wildman–Crippen LogP) is 3.73. The molecule has 0 aliphatic carbocycles. The van der Waals surface area contributed by atoms with Gasteiger partial charge in [-0.1, -0.05) is 18.2 Å². The smallest absolute Gasteiger partial charge is 0.130 e. The summed E-state index contributed by atoms with van der Waals surface area (Å²) < 4.78 is 7.86. The topological polar surface area (TPSA) is 52.0 Å². The molecule has 1 aromatic carbocycles. The van der Waals surface area contributed by atoms with Gasteiger partial charge in [0, 0.05) is 26.0 Å². The molecule has 0 atom stereocenters. The van der Waals surface area contributed by atoms with Gasteiger partial charge in [0.1, 0.15) is 12.4 Å². The molecule has 0 radical (unpaired) electrons. The Bertz CT molecular complexity index is 835. The largest absolute Gasteiger partial charge is 0.487 e. The number of aromatic nitrogens is 3. The molecule has 0 aliphatic heterocycles. The van der Waals surface area contributed by atoms with Crippen LogP contribution in [0.5, 0.6) is 5.75 Å². The van der Waals surface area contributed by atoms with Gasteiger partial charge in [0.15, 0.2) is 0 Å². The fraction of sp³-hybridized carbons (Fsp3) is 0.364. The van der Waals surface area contributed by atoms with E-state index in [4.69, 9.17) is 4.74 Å². The Balaban J connectivity index is 1.47. The number of pyridine rings is 1. The zero-order valence-electron chi connectivity index (χ0n) is 16.4. The highest BCUT2D eigenvalue weighted by atomic mass is 16.5. The molecule has 0 unspecified atom stereocenters. The summed E-state index contributed by atoms with van der Waals surface area (Å²) in [6, 6.07) is 10.3. The van der Waals surface area contributed by atoms with Gasteiger partial charge in [0.25, 0.3) is 0 Å². The minimum Gasteiger partial charge on any atom is -0.487 e. The number of aryl methyl sites for hydroxylation is 4. The first-order valence-electron chi connectivity index (χ1n) is 9.43. The van der Waals surface area contributed by atoms with Crippen molar-refractivity contribution in [1.82, 2.24) is 20.1 Å². The Morgan fingerprint density at radius 3 is 2.59 bits per heavy atom. The van der Waals surface area contributed by atoms with Crippen LogP contribution in [-0.2, 0) is 26.6 Å². The summed E-state index contributed by atoms with van der Waals surface area (Å²) >= 11 is 0. The van der Waals surface area contributed by atoms with E-state index in [9.17, 15) is 0 Å². The van der Waals surface area contributed by atoms with Crippen molar-refractivity contribution in [3.63, 3.8) is 0 Å². The maximum atomic E-state index is 6.01. The molecule has 5 heteroatoms. The van der Waals surface area contributed by atoms with Gasteiger partial charge in [-0.05, 0) is 67.6 Å². The lowest BCUT2D eigenvalue weighted by Gasteiger charge is -2.14. The molecule has 0 aliphatic rings. The third-order valence-electron chi connectivity index (χ3n) is 4.52. The van der Waals surface area contributed by atoms with Gasteiger partial charge >= 0.3 is 0 Å². The molecule has 0 fully saturated rings. The second kappa shape index (κ2) is 9.33. The standard InChI is InChI=1S/C22H28N4O/c1-17-11-20(13-23-9-6-7-19-14-25-26(3)15-19)12-18(2)22(17)27-16-21-8-4-5-10-24-21/h4-5,8,10-12,14-15,23H,6-7,9,13,16H2,1-3H3. The Morgan fingerprint density at radius 1 is 1.11 bits per heavy atom. The maximum Gasteiger partial charge on any atom is 0.130 e. The van der Waals surface area contributed by atoms with Crippen molar-refractivity contribution < 1.29 is 4.74 Å². The van der Waals surface area contributed by atoms with Gasteiger partial charge in [-0.25, -0.2) is 0 Å². The number of hydrogen-bond acceptors (Lipinski definition) is 4. The molecule has 5 nitrogen and oxygen atoms in total. The van der Waals surface area contributed by atoms with E-state index in [1.54, 1.807) is 6.20 Å². The highest BCUT2D eigenvalue weighted by Gasteiger charge is 2.07. The van der Waals surface area contributed by atoms with Crippen molar-refractivity contribution in [2.45, 2.75) is 39.8 Å². The molecule has 0 amide bonds. The van der Waals surface area contributed by atoms with E-state index in [1.807, 2.05) is 36.1 Å². The van der Waals surface area contributed by atoms with Crippen LogP contribution in [0.4, 0.5) is 0 Å². The number of rotatable bonds is 9. The zero-order chi connectivity index (χ0) is 19.1. The molecule has 3 aromatic rings. The van der Waals surface area contributed by atoms with Crippen molar-refractivity contribution in [3.05, 3.63) is 76.9 Å². The Kier molecular flexibility index (Phi) is 6.60. The fourth-order valence-corrected chi connectivity index (χ4v) is 3.25. The lowest BCUT2D eigenvalue weighted by Crippen LogP contribution is -2.15. The van der Waals surface area contributed by atoms with Gasteiger partial charge in [-0.3, -0.25) is 9.67 Å². The molecule has 1 N–H and O–H groups in total. The van der Waals surface area contributed by atoms with Crippen molar-refractivity contribution in [2.75, 3.05) is 6.54 Å². The maximum absolute atomic E-state index is 6.01. The van der Waals surface area contributed by atoms with Gasteiger partial charge in [-0.15, -0.1) is 0 Å². The van der Waals surface area contributed by atoms with Gasteiger partial charge < -0.3 is 10.1 Å². The molecule has 0 bridgehead atoms. The predicted molar refractivity (Wildman–Crippen MR) is 108 cm³/mol. The number of nitrogens with one attached hydrogen (secondary N) is 1. The Labute approximate surface area is 161 Å². The number of ether oxygens (including phenoxy) is 1. The molecule has 2 heterocycles. The molecule has 0 spiro atoms. The summed E-state index contributed by atoms with van der Waals surface area (Å²) in [4.78, 5) is 4.31. The van der Waals surface area contributed by atoms with Crippen LogP contribution >= 0.6 is 0 Å². The normalized spacial score (nSPS) is 10.9. The first kappa shape index (κ1) is 19.1. The second-order valence-corrected chi connectivity index (χ2v) is 6.97. The van der Waals surface area contributed by atoms with Crippen molar-refractivity contribution in [2.24, 2.45) is 7.05 Å². The van der Waals surface area contributed by atoms with E-state index in [0.29, 0.717) is 6.61 Å². The first-order valence-corrected chi connectivity index (χ1v) is 9.43. The summed E-state index contributed by atoms with van der Waals surface area (Å²) in [5.74, 6) is 0.959. The highest BCUT2D eigenvalue weighted by molar-refractivity contribution is 5.43. The molecule has 142 valence electrons. The summed E-state index contributed by atoms with van der Waals surface area (Å²) in [6.45, 7) is 6.56. The van der Waals surface area contributed by atoms with Crippen molar-refractivity contribution >= 4 is 0 Å². The van der Waals surface area contributed by atoms with Crippen molar-refractivity contribution in [3.8, 4) is 5.75 Å². The molecule has 3 rings (SSSR count). The van der Waals surface area contributed by atoms with Crippen LogP contribution in [0.1, 0.15) is 34.4 Å². The number of nitrogens with zero attached hydrogens (tertiary/aromatic N) is 3. The van der Waals surface area contributed by atoms with Gasteiger partial charge in [-0.2, -0.15) is 5.10 Å². The Hall–Kier alpha value is -2.66.